The zero-order valence-electron chi connectivity index (χ0n) is 16.5. The van der Waals surface area contributed by atoms with Crippen molar-refractivity contribution in [2.24, 2.45) is 0 Å². The highest BCUT2D eigenvalue weighted by molar-refractivity contribution is 5.42. The quantitative estimate of drug-likeness (QED) is 0.592. The van der Waals surface area contributed by atoms with E-state index in [1.807, 2.05) is 6.07 Å². The van der Waals surface area contributed by atoms with E-state index in [1.54, 1.807) is 0 Å². The second-order valence-corrected chi connectivity index (χ2v) is 7.03. The van der Waals surface area contributed by atoms with Gasteiger partial charge < -0.3 is 16.4 Å². The van der Waals surface area contributed by atoms with Crippen LogP contribution in [0.25, 0.3) is 0 Å². The molecule has 142 valence electrons. The van der Waals surface area contributed by atoms with Crippen molar-refractivity contribution in [2.75, 3.05) is 17.6 Å². The van der Waals surface area contributed by atoms with Crippen molar-refractivity contribution in [3.05, 3.63) is 47.2 Å². The van der Waals surface area contributed by atoms with Crippen LogP contribution in [0.2, 0.25) is 0 Å². The van der Waals surface area contributed by atoms with E-state index in [4.69, 9.17) is 5.73 Å². The molecule has 0 saturated heterocycles. The van der Waals surface area contributed by atoms with Crippen molar-refractivity contribution >= 4 is 11.8 Å². The highest BCUT2D eigenvalue weighted by Gasteiger charge is 2.08. The van der Waals surface area contributed by atoms with Gasteiger partial charge in [0.2, 0.25) is 5.95 Å². The second-order valence-electron chi connectivity index (χ2n) is 7.03. The molecule has 0 spiro atoms. The Morgan fingerprint density at radius 1 is 1.04 bits per heavy atom. The Kier molecular flexibility index (Phi) is 7.85. The summed E-state index contributed by atoms with van der Waals surface area (Å²) in [6.07, 6.45) is 4.13. The molecule has 0 aliphatic heterocycles. The van der Waals surface area contributed by atoms with Gasteiger partial charge in [0.15, 0.2) is 0 Å². The normalized spacial score (nSPS) is 13.4. The first kappa shape index (κ1) is 20.2. The number of benzene rings is 1. The van der Waals surface area contributed by atoms with Crippen molar-refractivity contribution in [3.8, 4) is 0 Å². The molecule has 0 saturated carbocycles. The summed E-state index contributed by atoms with van der Waals surface area (Å²) in [6, 6.07) is 11.5. The molecule has 4 N–H and O–H groups in total. The van der Waals surface area contributed by atoms with Crippen LogP contribution in [0.1, 0.15) is 69.8 Å². The monoisotopic (exact) mass is 355 g/mol. The number of nitrogen functional groups attached to an aromatic ring is 1. The smallest absolute Gasteiger partial charge is 0.222 e. The fourth-order valence-electron chi connectivity index (χ4n) is 3.05. The number of aromatic nitrogens is 2. The van der Waals surface area contributed by atoms with Gasteiger partial charge in [-0.2, -0.15) is 4.98 Å². The van der Waals surface area contributed by atoms with E-state index in [1.165, 1.54) is 11.1 Å². The van der Waals surface area contributed by atoms with E-state index in [9.17, 15) is 0 Å². The zero-order chi connectivity index (χ0) is 18.9. The first-order valence-electron chi connectivity index (χ1n) is 9.74. The number of nitrogens with one attached hydrogen (secondary N) is 2. The summed E-state index contributed by atoms with van der Waals surface area (Å²) in [7, 11) is 0. The lowest BCUT2D eigenvalue weighted by molar-refractivity contribution is 0.570. The lowest BCUT2D eigenvalue weighted by atomic mass is 10.0. The van der Waals surface area contributed by atoms with E-state index < -0.39 is 0 Å². The number of hydrogen-bond acceptors (Lipinski definition) is 5. The van der Waals surface area contributed by atoms with Gasteiger partial charge in [0.05, 0.1) is 5.69 Å². The summed E-state index contributed by atoms with van der Waals surface area (Å²) in [4.78, 5) is 8.71. The number of nitrogens with zero attached hydrogens (tertiary/aromatic N) is 2. The first-order valence-corrected chi connectivity index (χ1v) is 9.74. The molecule has 0 aliphatic rings. The molecule has 0 fully saturated rings. The maximum absolute atomic E-state index is 5.90. The van der Waals surface area contributed by atoms with Crippen LogP contribution in [0.5, 0.6) is 0 Å². The number of anilines is 2. The Morgan fingerprint density at radius 2 is 1.77 bits per heavy atom. The molecule has 2 aromatic rings. The Morgan fingerprint density at radius 3 is 2.42 bits per heavy atom. The van der Waals surface area contributed by atoms with Gasteiger partial charge in [-0.15, -0.1) is 0 Å². The standard InChI is InChI=1S/C21H33N5/c1-5-7-15(3)24-20-14-19(25-21(22)26-20)13-17-8-10-18(11-9-17)16(4)23-12-6-2/h8-11,14-16,23H,5-7,12-13H2,1-4H3,(H3,22,24,25,26). The van der Waals surface area contributed by atoms with Crippen molar-refractivity contribution in [1.82, 2.24) is 15.3 Å². The molecular formula is C21H33N5. The number of hydrogen-bond donors (Lipinski definition) is 3. The van der Waals surface area contributed by atoms with Crippen LogP contribution in [0, 0.1) is 0 Å². The fourth-order valence-corrected chi connectivity index (χ4v) is 3.05. The molecule has 0 aliphatic carbocycles. The SMILES string of the molecule is CCCNC(C)c1ccc(Cc2cc(NC(C)CCC)nc(N)n2)cc1. The molecule has 2 atom stereocenters. The van der Waals surface area contributed by atoms with Gasteiger partial charge in [-0.05, 0) is 44.4 Å². The minimum Gasteiger partial charge on any atom is -0.368 e. The van der Waals surface area contributed by atoms with Crippen LogP contribution in [0.4, 0.5) is 11.8 Å². The summed E-state index contributed by atoms with van der Waals surface area (Å²) in [6.45, 7) is 9.76. The third-order valence-corrected chi connectivity index (χ3v) is 4.48. The molecule has 5 heteroatoms. The average Bonchev–Trinajstić information content (AvgIpc) is 2.60. The lowest BCUT2D eigenvalue weighted by Crippen LogP contribution is -2.19. The van der Waals surface area contributed by atoms with E-state index in [2.05, 4.69) is 72.6 Å². The molecule has 1 aromatic carbocycles. The van der Waals surface area contributed by atoms with E-state index in [-0.39, 0.29) is 0 Å². The zero-order valence-corrected chi connectivity index (χ0v) is 16.5. The topological polar surface area (TPSA) is 75.9 Å². The van der Waals surface area contributed by atoms with Gasteiger partial charge in [0, 0.05) is 24.6 Å². The van der Waals surface area contributed by atoms with Crippen LogP contribution in [-0.4, -0.2) is 22.6 Å². The van der Waals surface area contributed by atoms with Crippen LogP contribution in [-0.2, 0) is 6.42 Å². The Hall–Kier alpha value is -2.14. The van der Waals surface area contributed by atoms with Crippen molar-refractivity contribution in [2.45, 2.75) is 65.5 Å². The van der Waals surface area contributed by atoms with Gasteiger partial charge in [-0.1, -0.05) is 44.5 Å². The highest BCUT2D eigenvalue weighted by Crippen LogP contribution is 2.17. The van der Waals surface area contributed by atoms with Crippen LogP contribution >= 0.6 is 0 Å². The average molecular weight is 356 g/mol. The third kappa shape index (κ3) is 6.30. The van der Waals surface area contributed by atoms with Gasteiger partial charge in [-0.3, -0.25) is 0 Å². The predicted octanol–water partition coefficient (Wildman–Crippen LogP) is 4.31. The van der Waals surface area contributed by atoms with Crippen LogP contribution in [0.15, 0.2) is 30.3 Å². The molecule has 0 bridgehead atoms. The van der Waals surface area contributed by atoms with Gasteiger partial charge >= 0.3 is 0 Å². The summed E-state index contributed by atoms with van der Waals surface area (Å²) >= 11 is 0. The maximum Gasteiger partial charge on any atom is 0.222 e. The third-order valence-electron chi connectivity index (χ3n) is 4.48. The predicted molar refractivity (Wildman–Crippen MR) is 110 cm³/mol. The Bertz CT molecular complexity index is 669. The first-order chi connectivity index (χ1) is 12.5. The molecule has 2 rings (SSSR count). The highest BCUT2D eigenvalue weighted by atomic mass is 15.1. The van der Waals surface area contributed by atoms with Gasteiger partial charge in [0.25, 0.3) is 0 Å². The molecule has 0 amide bonds. The maximum atomic E-state index is 5.90. The van der Waals surface area contributed by atoms with E-state index in [0.717, 1.165) is 43.7 Å². The van der Waals surface area contributed by atoms with Crippen molar-refractivity contribution < 1.29 is 0 Å². The van der Waals surface area contributed by atoms with E-state index >= 15 is 0 Å². The minimum atomic E-state index is 0.322. The number of nitrogens with two attached hydrogens (primary N) is 1. The fraction of sp³-hybridized carbons (Fsp3) is 0.524. The Labute approximate surface area is 157 Å². The van der Waals surface area contributed by atoms with E-state index in [0.29, 0.717) is 18.0 Å². The van der Waals surface area contributed by atoms with Crippen LogP contribution in [0.3, 0.4) is 0 Å². The van der Waals surface area contributed by atoms with Crippen LogP contribution < -0.4 is 16.4 Å². The summed E-state index contributed by atoms with van der Waals surface area (Å²) < 4.78 is 0. The van der Waals surface area contributed by atoms with Gasteiger partial charge in [0.1, 0.15) is 5.82 Å². The number of rotatable bonds is 10. The van der Waals surface area contributed by atoms with Crippen molar-refractivity contribution in [3.63, 3.8) is 0 Å². The molecule has 26 heavy (non-hydrogen) atoms. The second kappa shape index (κ2) is 10.1. The minimum absolute atomic E-state index is 0.322. The van der Waals surface area contributed by atoms with Crippen molar-refractivity contribution in [1.29, 1.82) is 0 Å². The molecule has 5 nitrogen and oxygen atoms in total. The molecule has 0 radical (unpaired) electrons. The summed E-state index contributed by atoms with van der Waals surface area (Å²) in [5, 5.41) is 6.93. The molecule has 1 heterocycles. The largest absolute Gasteiger partial charge is 0.368 e. The summed E-state index contributed by atoms with van der Waals surface area (Å²) in [5.74, 6) is 1.13. The molecule has 1 aromatic heterocycles. The summed E-state index contributed by atoms with van der Waals surface area (Å²) in [5.41, 5.74) is 9.37. The molecular weight excluding hydrogens is 322 g/mol. The van der Waals surface area contributed by atoms with Gasteiger partial charge in [-0.25, -0.2) is 4.98 Å². The lowest BCUT2D eigenvalue weighted by Gasteiger charge is -2.15. The Balaban J connectivity index is 2.04. The molecule has 2 unspecified atom stereocenters.